The van der Waals surface area contributed by atoms with Crippen molar-refractivity contribution in [1.29, 1.82) is 0 Å². The Morgan fingerprint density at radius 1 is 1.21 bits per heavy atom. The summed E-state index contributed by atoms with van der Waals surface area (Å²) in [7, 11) is 0. The van der Waals surface area contributed by atoms with Gasteiger partial charge in [0.2, 0.25) is 0 Å². The fourth-order valence-electron chi connectivity index (χ4n) is 2.15. The molecule has 0 saturated carbocycles. The van der Waals surface area contributed by atoms with Crippen molar-refractivity contribution in [1.82, 2.24) is 5.32 Å². The zero-order valence-electron chi connectivity index (χ0n) is 11.6. The molecule has 2 rings (SSSR count). The Bertz CT molecular complexity index is 586. The zero-order chi connectivity index (χ0) is 13.8. The van der Waals surface area contributed by atoms with Crippen molar-refractivity contribution in [3.8, 4) is 0 Å². The van der Waals surface area contributed by atoms with Crippen molar-refractivity contribution in [2.75, 3.05) is 6.54 Å². The van der Waals surface area contributed by atoms with Gasteiger partial charge in [0, 0.05) is 16.3 Å². The molecule has 1 aromatic heterocycles. The van der Waals surface area contributed by atoms with Crippen LogP contribution < -0.4 is 5.32 Å². The lowest BCUT2D eigenvalue weighted by atomic mass is 10.1. The van der Waals surface area contributed by atoms with E-state index in [9.17, 15) is 4.79 Å². The lowest BCUT2D eigenvalue weighted by Crippen LogP contribution is -2.25. The number of benzene rings is 1. The monoisotopic (exact) mass is 273 g/mol. The Labute approximate surface area is 118 Å². The molecule has 3 heteroatoms. The molecule has 0 radical (unpaired) electrons. The standard InChI is InChI=1S/C16H19NOS/c1-11-6-4-5-7-14(11)8-9-17-16(18)15-10-12(2)19-13(15)3/h4-7,10H,8-9H2,1-3H3,(H,17,18). The summed E-state index contributed by atoms with van der Waals surface area (Å²) in [5.41, 5.74) is 3.38. The van der Waals surface area contributed by atoms with Gasteiger partial charge in [-0.1, -0.05) is 24.3 Å². The highest BCUT2D eigenvalue weighted by Gasteiger charge is 2.11. The fraction of sp³-hybridized carbons (Fsp3) is 0.312. The maximum Gasteiger partial charge on any atom is 0.252 e. The smallest absolute Gasteiger partial charge is 0.252 e. The number of carbonyl (C=O) groups is 1. The Morgan fingerprint density at radius 3 is 2.58 bits per heavy atom. The molecule has 0 aliphatic carbocycles. The minimum atomic E-state index is 0.0374. The summed E-state index contributed by atoms with van der Waals surface area (Å²) in [4.78, 5) is 14.3. The predicted octanol–water partition coefficient (Wildman–Crippen LogP) is 3.65. The van der Waals surface area contributed by atoms with Crippen LogP contribution in [0.25, 0.3) is 0 Å². The molecule has 0 bridgehead atoms. The van der Waals surface area contributed by atoms with E-state index in [1.807, 2.05) is 32.0 Å². The minimum absolute atomic E-state index is 0.0374. The van der Waals surface area contributed by atoms with E-state index in [-0.39, 0.29) is 5.91 Å². The second-order valence-corrected chi connectivity index (χ2v) is 6.22. The molecule has 0 fully saturated rings. The lowest BCUT2D eigenvalue weighted by Gasteiger charge is -2.07. The summed E-state index contributed by atoms with van der Waals surface area (Å²) in [6, 6.07) is 10.2. The predicted molar refractivity (Wildman–Crippen MR) is 81.0 cm³/mol. The van der Waals surface area contributed by atoms with Gasteiger partial charge in [-0.15, -0.1) is 11.3 Å². The quantitative estimate of drug-likeness (QED) is 0.905. The SMILES string of the molecule is Cc1cc(C(=O)NCCc2ccccc2C)c(C)s1. The van der Waals surface area contributed by atoms with Crippen molar-refractivity contribution in [3.05, 3.63) is 56.8 Å². The van der Waals surface area contributed by atoms with Crippen LogP contribution in [0.4, 0.5) is 0 Å². The van der Waals surface area contributed by atoms with Crippen molar-refractivity contribution < 1.29 is 4.79 Å². The van der Waals surface area contributed by atoms with Crippen LogP contribution in [0.3, 0.4) is 0 Å². The molecule has 0 atom stereocenters. The first-order chi connectivity index (χ1) is 9.08. The Hall–Kier alpha value is -1.61. The second-order valence-electron chi connectivity index (χ2n) is 4.76. The highest BCUT2D eigenvalue weighted by Crippen LogP contribution is 2.20. The zero-order valence-corrected chi connectivity index (χ0v) is 12.4. The molecule has 0 aliphatic heterocycles. The van der Waals surface area contributed by atoms with Crippen LogP contribution in [0, 0.1) is 20.8 Å². The fourth-order valence-corrected chi connectivity index (χ4v) is 3.07. The first-order valence-electron chi connectivity index (χ1n) is 6.47. The van der Waals surface area contributed by atoms with Gasteiger partial charge in [-0.3, -0.25) is 4.79 Å². The highest BCUT2D eigenvalue weighted by molar-refractivity contribution is 7.12. The third kappa shape index (κ3) is 3.44. The third-order valence-electron chi connectivity index (χ3n) is 3.23. The van der Waals surface area contributed by atoms with E-state index in [0.717, 1.165) is 16.9 Å². The van der Waals surface area contributed by atoms with Gasteiger partial charge in [-0.25, -0.2) is 0 Å². The molecule has 1 amide bonds. The molecule has 2 nitrogen and oxygen atoms in total. The number of aryl methyl sites for hydroxylation is 3. The van der Waals surface area contributed by atoms with E-state index in [1.165, 1.54) is 16.0 Å². The second kappa shape index (κ2) is 6.02. The van der Waals surface area contributed by atoms with E-state index in [0.29, 0.717) is 6.54 Å². The van der Waals surface area contributed by atoms with Gasteiger partial charge in [0.1, 0.15) is 0 Å². The molecule has 1 heterocycles. The maximum atomic E-state index is 12.0. The van der Waals surface area contributed by atoms with Crippen LogP contribution in [0.1, 0.15) is 31.2 Å². The van der Waals surface area contributed by atoms with Crippen LogP contribution in [-0.2, 0) is 6.42 Å². The van der Waals surface area contributed by atoms with E-state index < -0.39 is 0 Å². The van der Waals surface area contributed by atoms with Gasteiger partial charge >= 0.3 is 0 Å². The molecule has 2 aromatic rings. The number of amides is 1. The van der Waals surface area contributed by atoms with Gasteiger partial charge in [-0.05, 0) is 44.4 Å². The molecule has 0 saturated heterocycles. The molecule has 0 aliphatic rings. The van der Waals surface area contributed by atoms with E-state index in [4.69, 9.17) is 0 Å². The highest BCUT2D eigenvalue weighted by atomic mass is 32.1. The van der Waals surface area contributed by atoms with Crippen molar-refractivity contribution in [2.45, 2.75) is 27.2 Å². The lowest BCUT2D eigenvalue weighted by molar-refractivity contribution is 0.0954. The molecule has 100 valence electrons. The minimum Gasteiger partial charge on any atom is -0.352 e. The summed E-state index contributed by atoms with van der Waals surface area (Å²) in [6.45, 7) is 6.80. The van der Waals surface area contributed by atoms with Crippen LogP contribution in [0.2, 0.25) is 0 Å². The summed E-state index contributed by atoms with van der Waals surface area (Å²) < 4.78 is 0. The Morgan fingerprint density at radius 2 is 1.95 bits per heavy atom. The number of carbonyl (C=O) groups excluding carboxylic acids is 1. The largest absolute Gasteiger partial charge is 0.352 e. The van der Waals surface area contributed by atoms with Crippen LogP contribution in [0.5, 0.6) is 0 Å². The maximum absolute atomic E-state index is 12.0. The van der Waals surface area contributed by atoms with Crippen LogP contribution in [-0.4, -0.2) is 12.5 Å². The Kier molecular flexibility index (Phi) is 4.38. The molecule has 1 N–H and O–H groups in total. The van der Waals surface area contributed by atoms with Crippen LogP contribution >= 0.6 is 11.3 Å². The summed E-state index contributed by atoms with van der Waals surface area (Å²) in [5.74, 6) is 0.0374. The first-order valence-corrected chi connectivity index (χ1v) is 7.29. The van der Waals surface area contributed by atoms with Crippen molar-refractivity contribution >= 4 is 17.2 Å². The Balaban J connectivity index is 1.91. The number of nitrogens with one attached hydrogen (secondary N) is 1. The van der Waals surface area contributed by atoms with Crippen molar-refractivity contribution in [3.63, 3.8) is 0 Å². The average molecular weight is 273 g/mol. The van der Waals surface area contributed by atoms with E-state index in [2.05, 4.69) is 24.4 Å². The first kappa shape index (κ1) is 13.8. The molecule has 0 unspecified atom stereocenters. The number of hydrogen-bond donors (Lipinski definition) is 1. The van der Waals surface area contributed by atoms with E-state index in [1.54, 1.807) is 11.3 Å². The summed E-state index contributed by atoms with van der Waals surface area (Å²) in [6.07, 6.45) is 0.876. The van der Waals surface area contributed by atoms with Gasteiger partial charge in [0.25, 0.3) is 5.91 Å². The molecular formula is C16H19NOS. The van der Waals surface area contributed by atoms with Gasteiger partial charge in [-0.2, -0.15) is 0 Å². The van der Waals surface area contributed by atoms with Gasteiger partial charge < -0.3 is 5.32 Å². The van der Waals surface area contributed by atoms with Gasteiger partial charge in [0.15, 0.2) is 0 Å². The number of thiophene rings is 1. The van der Waals surface area contributed by atoms with Crippen LogP contribution in [0.15, 0.2) is 30.3 Å². The number of hydrogen-bond acceptors (Lipinski definition) is 2. The summed E-state index contributed by atoms with van der Waals surface area (Å²) >= 11 is 1.67. The molecule has 1 aromatic carbocycles. The van der Waals surface area contributed by atoms with E-state index >= 15 is 0 Å². The normalized spacial score (nSPS) is 10.5. The third-order valence-corrected chi connectivity index (χ3v) is 4.19. The summed E-state index contributed by atoms with van der Waals surface area (Å²) in [5, 5.41) is 3.00. The van der Waals surface area contributed by atoms with Crippen molar-refractivity contribution in [2.24, 2.45) is 0 Å². The molecular weight excluding hydrogens is 254 g/mol. The topological polar surface area (TPSA) is 29.1 Å². The molecule has 0 spiro atoms. The number of rotatable bonds is 4. The molecule has 19 heavy (non-hydrogen) atoms. The average Bonchev–Trinajstić information content (AvgIpc) is 2.71. The van der Waals surface area contributed by atoms with Gasteiger partial charge in [0.05, 0.1) is 5.56 Å².